The summed E-state index contributed by atoms with van der Waals surface area (Å²) in [6.07, 6.45) is 1.41. The molecular weight excluding hydrogens is 215 g/mol. The van der Waals surface area contributed by atoms with Crippen molar-refractivity contribution in [1.29, 1.82) is 0 Å². The second-order valence-corrected chi connectivity index (χ2v) is 4.51. The number of ether oxygens (including phenoxy) is 1. The van der Waals surface area contributed by atoms with Gasteiger partial charge in [-0.15, -0.1) is 0 Å². The largest absolute Gasteiger partial charge is 0.381 e. The van der Waals surface area contributed by atoms with E-state index < -0.39 is 5.67 Å². The summed E-state index contributed by atoms with van der Waals surface area (Å²) >= 11 is 5.86. The lowest BCUT2D eigenvalue weighted by atomic mass is 9.89. The predicted molar refractivity (Wildman–Crippen MR) is 59.0 cm³/mol. The first-order valence-electron chi connectivity index (χ1n) is 5.19. The molecule has 0 bridgehead atoms. The molecule has 0 unspecified atom stereocenters. The third-order valence-electron chi connectivity index (χ3n) is 2.80. The van der Waals surface area contributed by atoms with Crippen LogP contribution >= 0.6 is 11.6 Å². The van der Waals surface area contributed by atoms with E-state index >= 15 is 0 Å². The van der Waals surface area contributed by atoms with E-state index in [0.717, 1.165) is 5.56 Å². The first-order valence-corrected chi connectivity index (χ1v) is 5.57. The molecule has 1 nitrogen and oxygen atoms in total. The van der Waals surface area contributed by atoms with Crippen LogP contribution in [0.15, 0.2) is 24.3 Å². The van der Waals surface area contributed by atoms with Gasteiger partial charge in [-0.25, -0.2) is 4.39 Å². The second kappa shape index (κ2) is 4.50. The van der Waals surface area contributed by atoms with Crippen molar-refractivity contribution in [3.05, 3.63) is 34.9 Å². The van der Waals surface area contributed by atoms with Gasteiger partial charge in [-0.3, -0.25) is 0 Å². The van der Waals surface area contributed by atoms with Crippen molar-refractivity contribution in [1.82, 2.24) is 0 Å². The molecule has 0 radical (unpaired) electrons. The zero-order chi connectivity index (χ0) is 10.7. The van der Waals surface area contributed by atoms with Crippen LogP contribution in [0.5, 0.6) is 0 Å². The van der Waals surface area contributed by atoms with Gasteiger partial charge in [0.1, 0.15) is 5.67 Å². The number of rotatable bonds is 2. The minimum atomic E-state index is -1.11. The van der Waals surface area contributed by atoms with Gasteiger partial charge in [0.2, 0.25) is 0 Å². The molecule has 2 rings (SSSR count). The maximum Gasteiger partial charge on any atom is 0.119 e. The van der Waals surface area contributed by atoms with E-state index in [1.54, 1.807) is 6.07 Å². The summed E-state index contributed by atoms with van der Waals surface area (Å²) in [6, 6.07) is 7.42. The van der Waals surface area contributed by atoms with E-state index in [9.17, 15) is 4.39 Å². The van der Waals surface area contributed by atoms with Gasteiger partial charge < -0.3 is 4.74 Å². The Morgan fingerprint density at radius 1 is 1.33 bits per heavy atom. The molecule has 1 aliphatic rings. The van der Waals surface area contributed by atoms with Crippen molar-refractivity contribution in [3.8, 4) is 0 Å². The van der Waals surface area contributed by atoms with Crippen LogP contribution in [-0.2, 0) is 11.2 Å². The van der Waals surface area contributed by atoms with Crippen molar-refractivity contribution >= 4 is 11.6 Å². The third kappa shape index (κ3) is 2.93. The molecule has 1 fully saturated rings. The average Bonchev–Trinajstić information content (AvgIpc) is 2.18. The van der Waals surface area contributed by atoms with Gasteiger partial charge in [0.05, 0.1) is 0 Å². The van der Waals surface area contributed by atoms with Gasteiger partial charge >= 0.3 is 0 Å². The highest BCUT2D eigenvalue weighted by molar-refractivity contribution is 6.30. The Morgan fingerprint density at radius 3 is 2.73 bits per heavy atom. The van der Waals surface area contributed by atoms with Crippen LogP contribution in [0.1, 0.15) is 18.4 Å². The molecule has 1 saturated heterocycles. The van der Waals surface area contributed by atoms with Crippen molar-refractivity contribution in [3.63, 3.8) is 0 Å². The summed E-state index contributed by atoms with van der Waals surface area (Å²) in [7, 11) is 0. The number of benzene rings is 1. The first-order chi connectivity index (χ1) is 7.18. The molecule has 0 N–H and O–H groups in total. The Morgan fingerprint density at radius 2 is 2.07 bits per heavy atom. The minimum absolute atomic E-state index is 0.441. The van der Waals surface area contributed by atoms with Gasteiger partial charge in [-0.1, -0.05) is 23.7 Å². The Kier molecular flexibility index (Phi) is 3.27. The monoisotopic (exact) mass is 228 g/mol. The van der Waals surface area contributed by atoms with Crippen molar-refractivity contribution in [2.45, 2.75) is 24.9 Å². The summed E-state index contributed by atoms with van der Waals surface area (Å²) in [6.45, 7) is 1.05. The quantitative estimate of drug-likeness (QED) is 0.754. The fourth-order valence-corrected chi connectivity index (χ4v) is 2.14. The summed E-state index contributed by atoms with van der Waals surface area (Å²) in [5.41, 5.74) is -0.143. The highest BCUT2D eigenvalue weighted by Crippen LogP contribution is 2.29. The molecular formula is C12H14ClFO. The van der Waals surface area contributed by atoms with E-state index in [2.05, 4.69) is 0 Å². The number of alkyl halides is 1. The van der Waals surface area contributed by atoms with Gasteiger partial charge in [0.15, 0.2) is 0 Å². The molecule has 0 aromatic heterocycles. The SMILES string of the molecule is FC1(Cc2cccc(Cl)c2)CCOCC1. The van der Waals surface area contributed by atoms with Gasteiger partial charge in [0.25, 0.3) is 0 Å². The van der Waals surface area contributed by atoms with Gasteiger partial charge in [-0.2, -0.15) is 0 Å². The predicted octanol–water partition coefficient (Wildman–Crippen LogP) is 3.40. The fraction of sp³-hybridized carbons (Fsp3) is 0.500. The molecule has 0 atom stereocenters. The standard InChI is InChI=1S/C12H14ClFO/c13-11-3-1-2-10(8-11)9-12(14)4-6-15-7-5-12/h1-3,8H,4-7,9H2. The van der Waals surface area contributed by atoms with Crippen LogP contribution in [0.4, 0.5) is 4.39 Å². The van der Waals surface area contributed by atoms with Crippen molar-refractivity contribution in [2.24, 2.45) is 0 Å². The highest BCUT2D eigenvalue weighted by Gasteiger charge is 2.32. The maximum atomic E-state index is 14.3. The average molecular weight is 229 g/mol. The molecule has 0 aliphatic carbocycles. The second-order valence-electron chi connectivity index (χ2n) is 4.07. The number of hydrogen-bond acceptors (Lipinski definition) is 1. The van der Waals surface area contributed by atoms with E-state index in [4.69, 9.17) is 16.3 Å². The summed E-state index contributed by atoms with van der Waals surface area (Å²) in [5.74, 6) is 0. The molecule has 1 aliphatic heterocycles. The van der Waals surface area contributed by atoms with Crippen LogP contribution in [0, 0.1) is 0 Å². The van der Waals surface area contributed by atoms with E-state index in [-0.39, 0.29) is 0 Å². The smallest absolute Gasteiger partial charge is 0.119 e. The maximum absolute atomic E-state index is 14.3. The molecule has 0 spiro atoms. The first kappa shape index (κ1) is 10.9. The molecule has 15 heavy (non-hydrogen) atoms. The molecule has 82 valence electrons. The number of halogens is 2. The molecule has 1 aromatic carbocycles. The van der Waals surface area contributed by atoms with E-state index in [0.29, 0.717) is 37.5 Å². The molecule has 1 aromatic rings. The van der Waals surface area contributed by atoms with Crippen LogP contribution in [0.2, 0.25) is 5.02 Å². The van der Waals surface area contributed by atoms with Crippen LogP contribution in [0.3, 0.4) is 0 Å². The Hall–Kier alpha value is -0.600. The Balaban J connectivity index is 2.06. The zero-order valence-corrected chi connectivity index (χ0v) is 9.27. The summed E-state index contributed by atoms with van der Waals surface area (Å²) < 4.78 is 19.4. The third-order valence-corrected chi connectivity index (χ3v) is 3.03. The summed E-state index contributed by atoms with van der Waals surface area (Å²) in [4.78, 5) is 0. The Bertz CT molecular complexity index is 334. The fourth-order valence-electron chi connectivity index (χ4n) is 1.93. The number of hydrogen-bond donors (Lipinski definition) is 0. The van der Waals surface area contributed by atoms with E-state index in [1.165, 1.54) is 0 Å². The minimum Gasteiger partial charge on any atom is -0.381 e. The van der Waals surface area contributed by atoms with Gasteiger partial charge in [0, 0.05) is 37.5 Å². The van der Waals surface area contributed by atoms with Crippen LogP contribution < -0.4 is 0 Å². The zero-order valence-electron chi connectivity index (χ0n) is 8.51. The molecule has 0 saturated carbocycles. The lowest BCUT2D eigenvalue weighted by Crippen LogP contribution is -2.33. The Labute approximate surface area is 94.2 Å². The lowest BCUT2D eigenvalue weighted by Gasteiger charge is -2.29. The summed E-state index contributed by atoms with van der Waals surface area (Å²) in [5, 5.41) is 0.670. The topological polar surface area (TPSA) is 9.23 Å². The molecule has 0 amide bonds. The van der Waals surface area contributed by atoms with Crippen LogP contribution in [-0.4, -0.2) is 18.9 Å². The normalized spacial score (nSPS) is 20.1. The van der Waals surface area contributed by atoms with Crippen molar-refractivity contribution < 1.29 is 9.13 Å². The van der Waals surface area contributed by atoms with Crippen molar-refractivity contribution in [2.75, 3.05) is 13.2 Å². The lowest BCUT2D eigenvalue weighted by molar-refractivity contribution is -0.00815. The molecule has 3 heteroatoms. The molecule has 1 heterocycles. The highest BCUT2D eigenvalue weighted by atomic mass is 35.5. The van der Waals surface area contributed by atoms with Gasteiger partial charge in [-0.05, 0) is 17.7 Å². The van der Waals surface area contributed by atoms with Crippen LogP contribution in [0.25, 0.3) is 0 Å². The van der Waals surface area contributed by atoms with E-state index in [1.807, 2.05) is 18.2 Å².